The molecule has 0 aliphatic heterocycles. The van der Waals surface area contributed by atoms with Crippen LogP contribution >= 0.6 is 0 Å². The van der Waals surface area contributed by atoms with Crippen LogP contribution in [0.1, 0.15) is 19.4 Å². The van der Waals surface area contributed by atoms with Crippen molar-refractivity contribution >= 4 is 34.5 Å². The van der Waals surface area contributed by atoms with E-state index in [4.69, 9.17) is 4.74 Å². The minimum absolute atomic E-state index is 0.198. The van der Waals surface area contributed by atoms with Gasteiger partial charge in [0.25, 0.3) is 5.91 Å². The summed E-state index contributed by atoms with van der Waals surface area (Å²) in [7, 11) is 1.57. The SMILES string of the molecule is COc1ccc(NC(=O)C(C(=O)NN=Cc2cccc3ccccc23)C(C)C)cc1. The van der Waals surface area contributed by atoms with Crippen LogP contribution in [0.25, 0.3) is 10.8 Å². The molecule has 1 atom stereocenters. The van der Waals surface area contributed by atoms with Crippen LogP contribution in [0.5, 0.6) is 5.75 Å². The van der Waals surface area contributed by atoms with E-state index in [1.807, 2.05) is 56.3 Å². The number of benzene rings is 3. The number of hydrogen-bond acceptors (Lipinski definition) is 4. The minimum Gasteiger partial charge on any atom is -0.497 e. The first-order chi connectivity index (χ1) is 14.5. The zero-order valence-electron chi connectivity index (χ0n) is 17.3. The number of nitrogens with zero attached hydrogens (tertiary/aromatic N) is 1. The smallest absolute Gasteiger partial charge is 0.252 e. The van der Waals surface area contributed by atoms with Gasteiger partial charge in [0, 0.05) is 11.3 Å². The molecule has 0 spiro atoms. The zero-order valence-corrected chi connectivity index (χ0v) is 17.3. The van der Waals surface area contributed by atoms with E-state index in [1.54, 1.807) is 37.6 Å². The fourth-order valence-electron chi connectivity index (χ4n) is 3.22. The molecule has 3 aromatic rings. The van der Waals surface area contributed by atoms with Crippen molar-refractivity contribution in [3.63, 3.8) is 0 Å². The first-order valence-electron chi connectivity index (χ1n) is 9.75. The van der Waals surface area contributed by atoms with E-state index < -0.39 is 11.8 Å². The van der Waals surface area contributed by atoms with E-state index in [9.17, 15) is 9.59 Å². The number of carbonyl (C=O) groups excluding carboxylic acids is 2. The number of ether oxygens (including phenoxy) is 1. The molecule has 0 aliphatic rings. The van der Waals surface area contributed by atoms with E-state index in [0.717, 1.165) is 16.3 Å². The second-order valence-corrected chi connectivity index (χ2v) is 7.24. The zero-order chi connectivity index (χ0) is 21.5. The molecule has 6 nitrogen and oxygen atoms in total. The van der Waals surface area contributed by atoms with Gasteiger partial charge in [-0.3, -0.25) is 9.59 Å². The third-order valence-electron chi connectivity index (χ3n) is 4.79. The molecule has 1 unspecified atom stereocenters. The lowest BCUT2D eigenvalue weighted by Crippen LogP contribution is -2.39. The number of fused-ring (bicyclic) bond motifs is 1. The van der Waals surface area contributed by atoms with E-state index in [2.05, 4.69) is 15.8 Å². The number of amides is 2. The van der Waals surface area contributed by atoms with Gasteiger partial charge in [-0.1, -0.05) is 56.3 Å². The summed E-state index contributed by atoms with van der Waals surface area (Å²) in [4.78, 5) is 25.4. The van der Waals surface area contributed by atoms with Crippen LogP contribution in [-0.4, -0.2) is 25.1 Å². The maximum atomic E-state index is 12.7. The van der Waals surface area contributed by atoms with Crippen LogP contribution in [0.2, 0.25) is 0 Å². The van der Waals surface area contributed by atoms with Crippen molar-refractivity contribution < 1.29 is 14.3 Å². The van der Waals surface area contributed by atoms with Gasteiger partial charge in [0.05, 0.1) is 13.3 Å². The Morgan fingerprint density at radius 2 is 1.63 bits per heavy atom. The Morgan fingerprint density at radius 1 is 0.933 bits per heavy atom. The van der Waals surface area contributed by atoms with Crippen molar-refractivity contribution in [2.75, 3.05) is 12.4 Å². The number of methoxy groups -OCH3 is 1. The van der Waals surface area contributed by atoms with Gasteiger partial charge in [0.2, 0.25) is 5.91 Å². The van der Waals surface area contributed by atoms with Gasteiger partial charge in [0.15, 0.2) is 0 Å². The van der Waals surface area contributed by atoms with Crippen molar-refractivity contribution in [3.8, 4) is 5.75 Å². The maximum Gasteiger partial charge on any atom is 0.252 e. The monoisotopic (exact) mass is 403 g/mol. The number of carbonyl (C=O) groups is 2. The summed E-state index contributed by atoms with van der Waals surface area (Å²) in [5.74, 6) is -1.22. The molecule has 0 fully saturated rings. The van der Waals surface area contributed by atoms with Crippen LogP contribution in [0.3, 0.4) is 0 Å². The number of hydrogen-bond donors (Lipinski definition) is 2. The molecular weight excluding hydrogens is 378 g/mol. The van der Waals surface area contributed by atoms with Crippen molar-refractivity contribution in [1.29, 1.82) is 0 Å². The predicted molar refractivity (Wildman–Crippen MR) is 120 cm³/mol. The Hall–Kier alpha value is -3.67. The molecule has 0 heterocycles. The van der Waals surface area contributed by atoms with Gasteiger partial charge in [0.1, 0.15) is 11.7 Å². The summed E-state index contributed by atoms with van der Waals surface area (Å²) in [5.41, 5.74) is 3.99. The molecule has 154 valence electrons. The van der Waals surface area contributed by atoms with Crippen LogP contribution in [-0.2, 0) is 9.59 Å². The molecule has 0 saturated heterocycles. The van der Waals surface area contributed by atoms with Crippen molar-refractivity contribution in [3.05, 3.63) is 72.3 Å². The summed E-state index contributed by atoms with van der Waals surface area (Å²) >= 11 is 0. The van der Waals surface area contributed by atoms with Gasteiger partial charge in [-0.05, 0) is 41.0 Å². The van der Waals surface area contributed by atoms with Gasteiger partial charge >= 0.3 is 0 Å². The second kappa shape index (κ2) is 9.69. The third-order valence-corrected chi connectivity index (χ3v) is 4.79. The lowest BCUT2D eigenvalue weighted by molar-refractivity contribution is -0.134. The summed E-state index contributed by atoms with van der Waals surface area (Å²) in [6.45, 7) is 3.65. The molecule has 30 heavy (non-hydrogen) atoms. The lowest BCUT2D eigenvalue weighted by Gasteiger charge is -2.18. The molecule has 0 bridgehead atoms. The molecule has 0 saturated carbocycles. The lowest BCUT2D eigenvalue weighted by atomic mass is 9.94. The molecular formula is C24H25N3O3. The third kappa shape index (κ3) is 5.03. The van der Waals surface area contributed by atoms with Crippen molar-refractivity contribution in [2.45, 2.75) is 13.8 Å². The topological polar surface area (TPSA) is 79.8 Å². The molecule has 6 heteroatoms. The van der Waals surface area contributed by atoms with Gasteiger partial charge < -0.3 is 10.1 Å². The van der Waals surface area contributed by atoms with Gasteiger partial charge in [-0.25, -0.2) is 5.43 Å². The molecule has 0 aromatic heterocycles. The Labute approximate surface area is 175 Å². The molecule has 2 N–H and O–H groups in total. The van der Waals surface area contributed by atoms with E-state index in [1.165, 1.54) is 0 Å². The van der Waals surface area contributed by atoms with Crippen LogP contribution in [0.15, 0.2) is 71.8 Å². The van der Waals surface area contributed by atoms with E-state index in [0.29, 0.717) is 11.4 Å². The van der Waals surface area contributed by atoms with Crippen LogP contribution < -0.4 is 15.5 Å². The second-order valence-electron chi connectivity index (χ2n) is 7.24. The van der Waals surface area contributed by atoms with Crippen molar-refractivity contribution in [1.82, 2.24) is 5.43 Å². The average molecular weight is 403 g/mol. The normalized spacial score (nSPS) is 12.1. The molecule has 2 amide bonds. The predicted octanol–water partition coefficient (Wildman–Crippen LogP) is 4.21. The Kier molecular flexibility index (Phi) is 6.80. The number of nitrogens with one attached hydrogen (secondary N) is 2. The number of hydrazone groups is 1. The summed E-state index contributed by atoms with van der Waals surface area (Å²) in [6, 6.07) is 20.8. The highest BCUT2D eigenvalue weighted by Gasteiger charge is 2.29. The van der Waals surface area contributed by atoms with Gasteiger partial charge in [-0.15, -0.1) is 0 Å². The molecule has 0 radical (unpaired) electrons. The Bertz CT molecular complexity index is 1050. The quantitative estimate of drug-likeness (QED) is 0.352. The first kappa shape index (κ1) is 21.0. The maximum absolute atomic E-state index is 12.7. The average Bonchev–Trinajstić information content (AvgIpc) is 2.74. The van der Waals surface area contributed by atoms with Gasteiger partial charge in [-0.2, -0.15) is 5.10 Å². The summed E-state index contributed by atoms with van der Waals surface area (Å²) < 4.78 is 5.11. The minimum atomic E-state index is -0.878. The number of anilines is 1. The number of rotatable bonds is 7. The molecule has 3 rings (SSSR count). The highest BCUT2D eigenvalue weighted by Crippen LogP contribution is 2.19. The van der Waals surface area contributed by atoms with E-state index >= 15 is 0 Å². The first-order valence-corrected chi connectivity index (χ1v) is 9.75. The van der Waals surface area contributed by atoms with Crippen LogP contribution in [0.4, 0.5) is 5.69 Å². The van der Waals surface area contributed by atoms with Crippen LogP contribution in [0, 0.1) is 11.8 Å². The standard InChI is InChI=1S/C24H25N3O3/c1-16(2)22(23(28)26-19-11-13-20(30-3)14-12-19)24(29)27-25-15-18-9-6-8-17-7-4-5-10-21(17)18/h4-16,22H,1-3H3,(H,26,28)(H,27,29). The highest BCUT2D eigenvalue weighted by molar-refractivity contribution is 6.07. The summed E-state index contributed by atoms with van der Waals surface area (Å²) in [5, 5.41) is 8.99. The largest absolute Gasteiger partial charge is 0.497 e. The molecule has 3 aromatic carbocycles. The van der Waals surface area contributed by atoms with Crippen molar-refractivity contribution in [2.24, 2.45) is 16.9 Å². The summed E-state index contributed by atoms with van der Waals surface area (Å²) in [6.07, 6.45) is 1.60. The Morgan fingerprint density at radius 3 is 2.33 bits per heavy atom. The highest BCUT2D eigenvalue weighted by atomic mass is 16.5. The van der Waals surface area contributed by atoms with E-state index in [-0.39, 0.29) is 11.8 Å². The fraction of sp³-hybridized carbons (Fsp3) is 0.208. The molecule has 0 aliphatic carbocycles. The fourth-order valence-corrected chi connectivity index (χ4v) is 3.22. The Balaban J connectivity index is 1.68.